The molecular formula is C8H9BrN2O2. The number of hydrogen-bond donors (Lipinski definition) is 2. The van der Waals surface area contributed by atoms with Gasteiger partial charge in [-0.05, 0) is 35.0 Å². The second-order valence-corrected chi connectivity index (χ2v) is 3.67. The normalized spacial score (nSPS) is 15.0. The summed E-state index contributed by atoms with van der Waals surface area (Å²) in [4.78, 5) is 14.7. The van der Waals surface area contributed by atoms with Crippen LogP contribution in [0.4, 0.5) is 0 Å². The van der Waals surface area contributed by atoms with Gasteiger partial charge in [-0.2, -0.15) is 0 Å². The molecule has 0 radical (unpaired) electrons. The van der Waals surface area contributed by atoms with E-state index >= 15 is 0 Å². The Hall–Kier alpha value is -0.940. The number of hydrogen-bond acceptors (Lipinski definition) is 3. The molecule has 1 rings (SSSR count). The van der Waals surface area contributed by atoms with Gasteiger partial charge in [0.15, 0.2) is 5.54 Å². The molecule has 0 spiro atoms. The van der Waals surface area contributed by atoms with Gasteiger partial charge in [0, 0.05) is 0 Å². The van der Waals surface area contributed by atoms with Gasteiger partial charge in [0.2, 0.25) is 0 Å². The zero-order valence-corrected chi connectivity index (χ0v) is 8.58. The molecule has 1 heterocycles. The number of carbonyl (C=O) groups is 1. The molecule has 1 atom stereocenters. The van der Waals surface area contributed by atoms with Gasteiger partial charge >= 0.3 is 5.97 Å². The Labute approximate surface area is 83.9 Å². The van der Waals surface area contributed by atoms with Crippen LogP contribution in [0.3, 0.4) is 0 Å². The number of aliphatic carboxylic acids is 1. The first kappa shape index (κ1) is 10.1. The quantitative estimate of drug-likeness (QED) is 0.765. The van der Waals surface area contributed by atoms with Crippen molar-refractivity contribution in [1.82, 2.24) is 4.98 Å². The van der Waals surface area contributed by atoms with E-state index in [1.807, 2.05) is 0 Å². The van der Waals surface area contributed by atoms with Crippen molar-refractivity contribution in [2.24, 2.45) is 5.73 Å². The molecule has 1 aromatic rings. The summed E-state index contributed by atoms with van der Waals surface area (Å²) in [6.45, 7) is 1.41. The largest absolute Gasteiger partial charge is 0.480 e. The Balaban J connectivity index is 3.14. The number of carboxylic acids is 1. The minimum Gasteiger partial charge on any atom is -0.480 e. The lowest BCUT2D eigenvalue weighted by molar-refractivity contribution is -0.143. The second kappa shape index (κ2) is 3.43. The Kier molecular flexibility index (Phi) is 2.68. The summed E-state index contributed by atoms with van der Waals surface area (Å²) in [5.41, 5.74) is 4.45. The van der Waals surface area contributed by atoms with Gasteiger partial charge in [0.25, 0.3) is 0 Å². The number of nitrogens with two attached hydrogens (primary N) is 1. The van der Waals surface area contributed by atoms with Crippen molar-refractivity contribution in [1.29, 1.82) is 0 Å². The third kappa shape index (κ3) is 2.05. The van der Waals surface area contributed by atoms with E-state index in [2.05, 4.69) is 20.9 Å². The lowest BCUT2D eigenvalue weighted by Crippen LogP contribution is -2.42. The maximum atomic E-state index is 10.8. The Morgan fingerprint density at radius 1 is 1.69 bits per heavy atom. The summed E-state index contributed by atoms with van der Waals surface area (Å²) in [5, 5.41) is 8.81. The molecule has 0 aliphatic carbocycles. The minimum atomic E-state index is -1.44. The highest BCUT2D eigenvalue weighted by molar-refractivity contribution is 9.10. The van der Waals surface area contributed by atoms with E-state index in [9.17, 15) is 4.79 Å². The standard InChI is InChI=1S/C8H9BrN2O2/c1-8(10,7(12)13)5-3-2-4-6(9)11-5/h2-4H,10H2,1H3,(H,12,13)/t8-/m1/s1. The van der Waals surface area contributed by atoms with Crippen LogP contribution < -0.4 is 5.73 Å². The number of nitrogens with zero attached hydrogens (tertiary/aromatic N) is 1. The Bertz CT molecular complexity index is 339. The van der Waals surface area contributed by atoms with Crippen molar-refractivity contribution in [3.63, 3.8) is 0 Å². The van der Waals surface area contributed by atoms with Gasteiger partial charge in [0.05, 0.1) is 5.69 Å². The molecule has 5 heteroatoms. The van der Waals surface area contributed by atoms with E-state index < -0.39 is 11.5 Å². The number of carboxylic acid groups (broad SMARTS) is 1. The van der Waals surface area contributed by atoms with E-state index in [-0.39, 0.29) is 0 Å². The predicted octanol–water partition coefficient (Wildman–Crippen LogP) is 1.10. The maximum Gasteiger partial charge on any atom is 0.329 e. The number of rotatable bonds is 2. The molecule has 4 nitrogen and oxygen atoms in total. The number of halogens is 1. The summed E-state index contributed by atoms with van der Waals surface area (Å²) < 4.78 is 0.572. The molecule has 0 amide bonds. The van der Waals surface area contributed by atoms with Crippen molar-refractivity contribution in [3.8, 4) is 0 Å². The molecule has 0 saturated carbocycles. The van der Waals surface area contributed by atoms with Gasteiger partial charge in [-0.1, -0.05) is 6.07 Å². The van der Waals surface area contributed by atoms with Crippen LogP contribution in [0, 0.1) is 0 Å². The van der Waals surface area contributed by atoms with Gasteiger partial charge < -0.3 is 10.8 Å². The lowest BCUT2D eigenvalue weighted by atomic mass is 9.99. The van der Waals surface area contributed by atoms with Crippen LogP contribution in [0.15, 0.2) is 22.8 Å². The van der Waals surface area contributed by atoms with E-state index in [1.54, 1.807) is 18.2 Å². The van der Waals surface area contributed by atoms with Crippen LogP contribution in [0.25, 0.3) is 0 Å². The van der Waals surface area contributed by atoms with E-state index in [0.717, 1.165) is 0 Å². The first-order valence-corrected chi connectivity index (χ1v) is 4.39. The highest BCUT2D eigenvalue weighted by atomic mass is 79.9. The monoisotopic (exact) mass is 244 g/mol. The fourth-order valence-corrected chi connectivity index (χ4v) is 1.15. The first-order valence-electron chi connectivity index (χ1n) is 3.60. The zero-order valence-electron chi connectivity index (χ0n) is 6.99. The molecule has 0 fully saturated rings. The SMILES string of the molecule is C[C@](N)(C(=O)O)c1cccc(Br)n1. The molecule has 0 aliphatic rings. The fraction of sp³-hybridized carbons (Fsp3) is 0.250. The molecule has 3 N–H and O–H groups in total. The number of aromatic nitrogens is 1. The minimum absolute atomic E-state index is 0.328. The Morgan fingerprint density at radius 3 is 2.77 bits per heavy atom. The van der Waals surface area contributed by atoms with Crippen LogP contribution in [0.2, 0.25) is 0 Å². The highest BCUT2D eigenvalue weighted by Gasteiger charge is 2.31. The van der Waals surface area contributed by atoms with Crippen LogP contribution >= 0.6 is 15.9 Å². The van der Waals surface area contributed by atoms with E-state index in [4.69, 9.17) is 10.8 Å². The summed E-state index contributed by atoms with van der Waals surface area (Å²) in [7, 11) is 0. The molecule has 0 bridgehead atoms. The second-order valence-electron chi connectivity index (χ2n) is 2.85. The molecule has 70 valence electrons. The summed E-state index contributed by atoms with van der Waals surface area (Å²) in [6.07, 6.45) is 0. The average molecular weight is 245 g/mol. The third-order valence-electron chi connectivity index (χ3n) is 1.69. The predicted molar refractivity (Wildman–Crippen MR) is 51.1 cm³/mol. The fourth-order valence-electron chi connectivity index (χ4n) is 0.807. The van der Waals surface area contributed by atoms with Gasteiger partial charge in [-0.15, -0.1) is 0 Å². The molecule has 0 aromatic carbocycles. The molecule has 13 heavy (non-hydrogen) atoms. The first-order chi connectivity index (χ1) is 5.94. The van der Waals surface area contributed by atoms with Gasteiger partial charge in [-0.25, -0.2) is 9.78 Å². The van der Waals surface area contributed by atoms with Crippen molar-refractivity contribution in [3.05, 3.63) is 28.5 Å². The van der Waals surface area contributed by atoms with Crippen molar-refractivity contribution in [2.45, 2.75) is 12.5 Å². The van der Waals surface area contributed by atoms with Crippen LogP contribution in [0.1, 0.15) is 12.6 Å². The van der Waals surface area contributed by atoms with Crippen molar-refractivity contribution in [2.75, 3.05) is 0 Å². The van der Waals surface area contributed by atoms with Crippen molar-refractivity contribution >= 4 is 21.9 Å². The molecule has 1 aromatic heterocycles. The maximum absolute atomic E-state index is 10.8. The summed E-state index contributed by atoms with van der Waals surface area (Å²) in [5.74, 6) is -1.10. The van der Waals surface area contributed by atoms with E-state index in [1.165, 1.54) is 6.92 Å². The van der Waals surface area contributed by atoms with Crippen LogP contribution in [0.5, 0.6) is 0 Å². The van der Waals surface area contributed by atoms with E-state index in [0.29, 0.717) is 10.3 Å². The Morgan fingerprint density at radius 2 is 2.31 bits per heavy atom. The average Bonchev–Trinajstić information content (AvgIpc) is 2.04. The zero-order chi connectivity index (χ0) is 10.1. The summed E-state index contributed by atoms with van der Waals surface area (Å²) in [6, 6.07) is 4.99. The van der Waals surface area contributed by atoms with Gasteiger partial charge in [-0.3, -0.25) is 0 Å². The molecule has 0 aliphatic heterocycles. The van der Waals surface area contributed by atoms with Gasteiger partial charge in [0.1, 0.15) is 4.60 Å². The lowest BCUT2D eigenvalue weighted by Gasteiger charge is -2.18. The smallest absolute Gasteiger partial charge is 0.329 e. The molecule has 0 saturated heterocycles. The van der Waals surface area contributed by atoms with Crippen molar-refractivity contribution < 1.29 is 9.90 Å². The third-order valence-corrected chi connectivity index (χ3v) is 2.13. The molecular weight excluding hydrogens is 236 g/mol. The number of pyridine rings is 1. The topological polar surface area (TPSA) is 76.2 Å². The highest BCUT2D eigenvalue weighted by Crippen LogP contribution is 2.17. The van der Waals surface area contributed by atoms with Crippen LogP contribution in [-0.2, 0) is 10.3 Å². The molecule has 0 unspecified atom stereocenters. The van der Waals surface area contributed by atoms with Crippen LogP contribution in [-0.4, -0.2) is 16.1 Å². The summed E-state index contributed by atoms with van der Waals surface area (Å²) >= 11 is 3.14.